The van der Waals surface area contributed by atoms with Crippen LogP contribution in [0.25, 0.3) is 0 Å². The molecule has 0 unspecified atom stereocenters. The van der Waals surface area contributed by atoms with Crippen molar-refractivity contribution in [3.8, 4) is 5.75 Å². The van der Waals surface area contributed by atoms with Crippen LogP contribution < -0.4 is 10.1 Å². The Morgan fingerprint density at radius 3 is 2.62 bits per heavy atom. The number of ether oxygens (including phenoxy) is 1. The standard InChI is InChI=1S/C25H29FN4O2/c1-18(17-19-7-3-5-9-22(19)26)29-15-12-20(13-16-29)30-24(11-14-27-30)28-25(31)21-8-4-6-10-23(21)32-2/h3-11,14,18,20H,12-13,15-17H2,1-2H3,(H,28,31)/t18-/m0/s1. The number of hydrogen-bond donors (Lipinski definition) is 1. The van der Waals surface area contributed by atoms with Crippen LogP contribution >= 0.6 is 0 Å². The molecule has 4 rings (SSSR count). The molecule has 32 heavy (non-hydrogen) atoms. The molecule has 1 fully saturated rings. The predicted octanol–water partition coefficient (Wildman–Crippen LogP) is 4.55. The summed E-state index contributed by atoms with van der Waals surface area (Å²) in [6, 6.07) is 16.4. The summed E-state index contributed by atoms with van der Waals surface area (Å²) in [7, 11) is 1.55. The maximum absolute atomic E-state index is 14.0. The summed E-state index contributed by atoms with van der Waals surface area (Å²) in [5.74, 6) is 0.855. The van der Waals surface area contributed by atoms with Crippen LogP contribution in [0.2, 0.25) is 0 Å². The molecule has 1 aromatic heterocycles. The molecule has 1 aliphatic heterocycles. The highest BCUT2D eigenvalue weighted by molar-refractivity contribution is 6.05. The van der Waals surface area contributed by atoms with Crippen LogP contribution in [-0.2, 0) is 6.42 Å². The molecule has 1 amide bonds. The maximum Gasteiger partial charge on any atom is 0.260 e. The molecule has 0 bridgehead atoms. The minimum atomic E-state index is -0.222. The monoisotopic (exact) mass is 436 g/mol. The van der Waals surface area contributed by atoms with Crippen LogP contribution in [0.3, 0.4) is 0 Å². The molecule has 2 aromatic carbocycles. The van der Waals surface area contributed by atoms with E-state index in [1.807, 2.05) is 35.0 Å². The number of carbonyl (C=O) groups excluding carboxylic acids is 1. The zero-order valence-corrected chi connectivity index (χ0v) is 18.5. The molecule has 168 valence electrons. The second kappa shape index (κ2) is 9.96. The van der Waals surface area contributed by atoms with Gasteiger partial charge in [-0.05, 0) is 49.9 Å². The number of rotatable bonds is 7. The first-order valence-electron chi connectivity index (χ1n) is 11.0. The third kappa shape index (κ3) is 4.83. The van der Waals surface area contributed by atoms with Gasteiger partial charge in [-0.25, -0.2) is 9.07 Å². The number of likely N-dealkylation sites (tertiary alicyclic amines) is 1. The molecule has 1 N–H and O–H groups in total. The first-order chi connectivity index (χ1) is 15.6. The Labute approximate surface area is 188 Å². The fraction of sp³-hybridized carbons (Fsp3) is 0.360. The molecule has 3 aromatic rings. The molecule has 1 saturated heterocycles. The first kappa shape index (κ1) is 22.0. The number of nitrogens with zero attached hydrogens (tertiary/aromatic N) is 3. The Bertz CT molecular complexity index is 1060. The van der Waals surface area contributed by atoms with Crippen LogP contribution in [0.4, 0.5) is 10.2 Å². The highest BCUT2D eigenvalue weighted by atomic mass is 19.1. The Morgan fingerprint density at radius 2 is 1.88 bits per heavy atom. The topological polar surface area (TPSA) is 59.4 Å². The van der Waals surface area contributed by atoms with Gasteiger partial charge in [0.2, 0.25) is 0 Å². The smallest absolute Gasteiger partial charge is 0.260 e. The number of methoxy groups -OCH3 is 1. The summed E-state index contributed by atoms with van der Waals surface area (Å²) in [5, 5.41) is 7.46. The van der Waals surface area contributed by atoms with Crippen molar-refractivity contribution in [3.05, 3.63) is 77.7 Å². The average molecular weight is 437 g/mol. The summed E-state index contributed by atoms with van der Waals surface area (Å²) in [6.07, 6.45) is 4.24. The van der Waals surface area contributed by atoms with Crippen molar-refractivity contribution in [3.63, 3.8) is 0 Å². The Kier molecular flexibility index (Phi) is 6.85. The maximum atomic E-state index is 14.0. The van der Waals surface area contributed by atoms with Crippen LogP contribution in [0, 0.1) is 5.82 Å². The Morgan fingerprint density at radius 1 is 1.16 bits per heavy atom. The van der Waals surface area contributed by atoms with Gasteiger partial charge < -0.3 is 15.0 Å². The van der Waals surface area contributed by atoms with Crippen LogP contribution in [-0.4, -0.2) is 46.8 Å². The van der Waals surface area contributed by atoms with Gasteiger partial charge in [0.15, 0.2) is 0 Å². The zero-order chi connectivity index (χ0) is 22.5. The zero-order valence-electron chi connectivity index (χ0n) is 18.5. The molecule has 1 aliphatic rings. The lowest BCUT2D eigenvalue weighted by Crippen LogP contribution is -2.41. The van der Waals surface area contributed by atoms with Crippen molar-refractivity contribution in [1.82, 2.24) is 14.7 Å². The number of hydrogen-bond acceptors (Lipinski definition) is 4. The number of anilines is 1. The molecule has 0 aliphatic carbocycles. The normalized spacial score (nSPS) is 16.0. The highest BCUT2D eigenvalue weighted by Crippen LogP contribution is 2.28. The number of amides is 1. The number of nitrogens with one attached hydrogen (secondary N) is 1. The minimum Gasteiger partial charge on any atom is -0.496 e. The molecular weight excluding hydrogens is 407 g/mol. The SMILES string of the molecule is COc1ccccc1C(=O)Nc1ccnn1C1CCN([C@@H](C)Cc2ccccc2F)CC1. The molecule has 0 radical (unpaired) electrons. The molecule has 0 saturated carbocycles. The fourth-order valence-electron chi connectivity index (χ4n) is 4.40. The fourth-order valence-corrected chi connectivity index (χ4v) is 4.40. The Balaban J connectivity index is 1.37. The highest BCUT2D eigenvalue weighted by Gasteiger charge is 2.26. The number of para-hydroxylation sites is 1. The van der Waals surface area contributed by atoms with Crippen molar-refractivity contribution in [2.24, 2.45) is 0 Å². The van der Waals surface area contributed by atoms with Gasteiger partial charge in [-0.3, -0.25) is 4.79 Å². The van der Waals surface area contributed by atoms with Gasteiger partial charge in [0, 0.05) is 25.2 Å². The number of aromatic nitrogens is 2. The van der Waals surface area contributed by atoms with E-state index in [-0.39, 0.29) is 23.8 Å². The van der Waals surface area contributed by atoms with Crippen LogP contribution in [0.1, 0.15) is 41.7 Å². The van der Waals surface area contributed by atoms with E-state index in [2.05, 4.69) is 22.2 Å². The van der Waals surface area contributed by atoms with E-state index in [1.54, 1.807) is 31.5 Å². The Hall–Kier alpha value is -3.19. The summed E-state index contributed by atoms with van der Waals surface area (Å²) in [6.45, 7) is 3.96. The molecule has 2 heterocycles. The second-order valence-corrected chi connectivity index (χ2v) is 8.23. The van der Waals surface area contributed by atoms with E-state index < -0.39 is 0 Å². The van der Waals surface area contributed by atoms with E-state index in [0.29, 0.717) is 23.6 Å². The van der Waals surface area contributed by atoms with Crippen molar-refractivity contribution in [2.45, 2.75) is 38.3 Å². The lowest BCUT2D eigenvalue weighted by Gasteiger charge is -2.36. The van der Waals surface area contributed by atoms with Gasteiger partial charge in [0.05, 0.1) is 24.9 Å². The van der Waals surface area contributed by atoms with Gasteiger partial charge in [0.25, 0.3) is 5.91 Å². The molecule has 0 spiro atoms. The number of carbonyl (C=O) groups is 1. The van der Waals surface area contributed by atoms with E-state index >= 15 is 0 Å². The number of halogens is 1. The molecule has 1 atom stereocenters. The summed E-state index contributed by atoms with van der Waals surface area (Å²) >= 11 is 0. The molecular formula is C25H29FN4O2. The van der Waals surface area contributed by atoms with Gasteiger partial charge in [-0.1, -0.05) is 30.3 Å². The third-order valence-electron chi connectivity index (χ3n) is 6.20. The first-order valence-corrected chi connectivity index (χ1v) is 11.0. The van der Waals surface area contributed by atoms with Gasteiger partial charge in [-0.2, -0.15) is 5.10 Å². The summed E-state index contributed by atoms with van der Waals surface area (Å²) in [4.78, 5) is 15.2. The lowest BCUT2D eigenvalue weighted by molar-refractivity contribution is 0.102. The molecule has 6 nitrogen and oxygen atoms in total. The van der Waals surface area contributed by atoms with Crippen molar-refractivity contribution in [1.29, 1.82) is 0 Å². The van der Waals surface area contributed by atoms with E-state index in [9.17, 15) is 9.18 Å². The minimum absolute atomic E-state index is 0.138. The number of piperidine rings is 1. The van der Waals surface area contributed by atoms with Crippen molar-refractivity contribution >= 4 is 11.7 Å². The summed E-state index contributed by atoms with van der Waals surface area (Å²) in [5.41, 5.74) is 1.25. The van der Waals surface area contributed by atoms with Crippen molar-refractivity contribution in [2.75, 3.05) is 25.5 Å². The van der Waals surface area contributed by atoms with Crippen LogP contribution in [0.15, 0.2) is 60.8 Å². The largest absolute Gasteiger partial charge is 0.496 e. The van der Waals surface area contributed by atoms with Gasteiger partial charge in [0.1, 0.15) is 17.4 Å². The predicted molar refractivity (Wildman–Crippen MR) is 123 cm³/mol. The summed E-state index contributed by atoms with van der Waals surface area (Å²) < 4.78 is 21.2. The van der Waals surface area contributed by atoms with Crippen LogP contribution in [0.5, 0.6) is 5.75 Å². The van der Waals surface area contributed by atoms with Crippen molar-refractivity contribution < 1.29 is 13.9 Å². The average Bonchev–Trinajstić information content (AvgIpc) is 3.28. The van der Waals surface area contributed by atoms with E-state index in [1.165, 1.54) is 6.07 Å². The quantitative estimate of drug-likeness (QED) is 0.590. The van der Waals surface area contributed by atoms with E-state index in [4.69, 9.17) is 4.74 Å². The van der Waals surface area contributed by atoms with Gasteiger partial charge in [-0.15, -0.1) is 0 Å². The second-order valence-electron chi connectivity index (χ2n) is 8.23. The third-order valence-corrected chi connectivity index (χ3v) is 6.20. The molecule has 7 heteroatoms. The lowest BCUT2D eigenvalue weighted by atomic mass is 10.00. The number of benzene rings is 2. The van der Waals surface area contributed by atoms with E-state index in [0.717, 1.165) is 31.5 Å². The van der Waals surface area contributed by atoms with Gasteiger partial charge >= 0.3 is 0 Å².